The fourth-order valence-electron chi connectivity index (χ4n) is 2.47. The van der Waals surface area contributed by atoms with Gasteiger partial charge in [0, 0.05) is 12.3 Å². The zero-order chi connectivity index (χ0) is 21.8. The minimum absolute atomic E-state index is 0.0179. The molecule has 0 spiro atoms. The van der Waals surface area contributed by atoms with E-state index in [1.807, 2.05) is 30.3 Å². The lowest BCUT2D eigenvalue weighted by Gasteiger charge is -2.21. The number of aliphatic imine (C=N–C) groups is 1. The number of rotatable bonds is 12. The smallest absolute Gasteiger partial charge is 0.326 e. The number of thiol groups is 1. The summed E-state index contributed by atoms with van der Waals surface area (Å²) in [5.41, 5.74) is 17.2. The van der Waals surface area contributed by atoms with Gasteiger partial charge in [0.05, 0.1) is 6.04 Å². The number of carbonyl (C=O) groups excluding carboxylic acids is 2. The maximum Gasteiger partial charge on any atom is 0.326 e. The van der Waals surface area contributed by atoms with Gasteiger partial charge in [0.2, 0.25) is 11.8 Å². The van der Waals surface area contributed by atoms with Crippen molar-refractivity contribution in [3.05, 3.63) is 35.9 Å². The summed E-state index contributed by atoms with van der Waals surface area (Å²) in [6, 6.07) is 6.19. The van der Waals surface area contributed by atoms with Crippen LogP contribution in [0.2, 0.25) is 0 Å². The molecule has 0 saturated carbocycles. The molecule has 10 nitrogen and oxygen atoms in total. The molecule has 0 aliphatic heterocycles. The summed E-state index contributed by atoms with van der Waals surface area (Å²) >= 11 is 4.07. The number of nitrogens with one attached hydrogen (secondary N) is 2. The predicted molar refractivity (Wildman–Crippen MR) is 113 cm³/mol. The summed E-state index contributed by atoms with van der Waals surface area (Å²) in [4.78, 5) is 39.9. The van der Waals surface area contributed by atoms with Crippen molar-refractivity contribution < 1.29 is 19.5 Å². The number of carbonyl (C=O) groups is 3. The minimum atomic E-state index is -1.20. The average Bonchev–Trinajstić information content (AvgIpc) is 2.68. The molecule has 0 aliphatic carbocycles. The van der Waals surface area contributed by atoms with E-state index in [0.29, 0.717) is 12.8 Å². The van der Waals surface area contributed by atoms with Gasteiger partial charge in [-0.25, -0.2) is 4.79 Å². The van der Waals surface area contributed by atoms with Gasteiger partial charge in [-0.2, -0.15) is 12.6 Å². The lowest BCUT2D eigenvalue weighted by Crippen LogP contribution is -2.55. The molecule has 29 heavy (non-hydrogen) atoms. The van der Waals surface area contributed by atoms with Crippen molar-refractivity contribution in [2.45, 2.75) is 37.4 Å². The van der Waals surface area contributed by atoms with Gasteiger partial charge in [-0.3, -0.25) is 14.6 Å². The number of carboxylic acids is 1. The molecular weight excluding hydrogens is 396 g/mol. The fraction of sp³-hybridized carbons (Fsp3) is 0.444. The second kappa shape index (κ2) is 12.6. The molecule has 0 heterocycles. The minimum Gasteiger partial charge on any atom is -0.480 e. The number of hydrogen-bond acceptors (Lipinski definition) is 6. The summed E-state index contributed by atoms with van der Waals surface area (Å²) < 4.78 is 0. The Labute approximate surface area is 174 Å². The highest BCUT2D eigenvalue weighted by atomic mass is 32.1. The van der Waals surface area contributed by atoms with Gasteiger partial charge in [0.25, 0.3) is 0 Å². The number of nitrogens with two attached hydrogens (primary N) is 3. The summed E-state index contributed by atoms with van der Waals surface area (Å²) in [5.74, 6) is -2.49. The van der Waals surface area contributed by atoms with E-state index in [2.05, 4.69) is 28.3 Å². The maximum atomic E-state index is 12.4. The molecule has 2 amide bonds. The first-order valence-electron chi connectivity index (χ1n) is 9.04. The Balaban J connectivity index is 2.60. The van der Waals surface area contributed by atoms with Crippen molar-refractivity contribution in [3.63, 3.8) is 0 Å². The molecule has 0 aromatic heterocycles. The molecule has 1 aromatic rings. The van der Waals surface area contributed by atoms with Crippen molar-refractivity contribution in [2.24, 2.45) is 22.2 Å². The Bertz CT molecular complexity index is 712. The summed E-state index contributed by atoms with van der Waals surface area (Å²) in [6.07, 6.45) is 0.781. The van der Waals surface area contributed by atoms with Crippen LogP contribution < -0.4 is 27.8 Å². The van der Waals surface area contributed by atoms with Gasteiger partial charge in [-0.05, 0) is 24.8 Å². The quantitative estimate of drug-likeness (QED) is 0.0929. The van der Waals surface area contributed by atoms with Crippen molar-refractivity contribution in [1.82, 2.24) is 10.6 Å². The second-order valence-corrected chi connectivity index (χ2v) is 6.75. The molecule has 0 saturated heterocycles. The van der Waals surface area contributed by atoms with Crippen LogP contribution in [-0.4, -0.2) is 59.3 Å². The van der Waals surface area contributed by atoms with Crippen molar-refractivity contribution in [2.75, 3.05) is 12.3 Å². The Morgan fingerprint density at radius 1 is 1.07 bits per heavy atom. The van der Waals surface area contributed by atoms with Crippen LogP contribution >= 0.6 is 12.6 Å². The van der Waals surface area contributed by atoms with Crippen LogP contribution in [0.25, 0.3) is 0 Å². The Morgan fingerprint density at radius 2 is 1.69 bits per heavy atom. The molecule has 1 aromatic carbocycles. The van der Waals surface area contributed by atoms with Crippen LogP contribution in [0, 0.1) is 0 Å². The lowest BCUT2D eigenvalue weighted by molar-refractivity contribution is -0.142. The van der Waals surface area contributed by atoms with Crippen molar-refractivity contribution >= 4 is 36.4 Å². The largest absolute Gasteiger partial charge is 0.480 e. The highest BCUT2D eigenvalue weighted by molar-refractivity contribution is 7.80. The standard InChI is InChI=1S/C18H28N6O4S/c19-12(9-11-5-2-1-3-6-11)15(25)24-14(10-29)16(26)23-13(17(27)28)7-4-8-22-18(20)21/h1-3,5-6,12-14,29H,4,7-10,19H2,(H,23,26)(H,24,25)(H,27,28)(H4,20,21,22)/t12-,13-,14-/m0/s1. The monoisotopic (exact) mass is 424 g/mol. The van der Waals surface area contributed by atoms with Crippen molar-refractivity contribution in [3.8, 4) is 0 Å². The van der Waals surface area contributed by atoms with Gasteiger partial charge in [0.1, 0.15) is 12.1 Å². The zero-order valence-electron chi connectivity index (χ0n) is 16.0. The van der Waals surface area contributed by atoms with Crippen molar-refractivity contribution in [1.29, 1.82) is 0 Å². The van der Waals surface area contributed by atoms with Gasteiger partial charge in [-0.1, -0.05) is 30.3 Å². The molecule has 9 N–H and O–H groups in total. The molecule has 0 aliphatic rings. The first-order chi connectivity index (χ1) is 13.7. The third-order valence-corrected chi connectivity index (χ3v) is 4.38. The predicted octanol–water partition coefficient (Wildman–Crippen LogP) is -1.41. The number of aliphatic carboxylic acids is 1. The van der Waals surface area contributed by atoms with E-state index in [1.165, 1.54) is 0 Å². The number of benzene rings is 1. The molecule has 0 radical (unpaired) electrons. The van der Waals surface area contributed by atoms with E-state index in [9.17, 15) is 19.5 Å². The normalized spacial score (nSPS) is 13.6. The lowest BCUT2D eigenvalue weighted by atomic mass is 10.1. The fourth-order valence-corrected chi connectivity index (χ4v) is 2.72. The van der Waals surface area contributed by atoms with Crippen LogP contribution in [0.15, 0.2) is 35.3 Å². The highest BCUT2D eigenvalue weighted by Gasteiger charge is 2.27. The molecule has 0 bridgehead atoms. The van der Waals surface area contributed by atoms with Gasteiger partial charge in [0.15, 0.2) is 5.96 Å². The Kier molecular flexibility index (Phi) is 10.6. The summed E-state index contributed by atoms with van der Waals surface area (Å²) in [6.45, 7) is 0.239. The average molecular weight is 425 g/mol. The van der Waals surface area contributed by atoms with Crippen LogP contribution in [-0.2, 0) is 20.8 Å². The van der Waals surface area contributed by atoms with Gasteiger partial charge >= 0.3 is 5.97 Å². The zero-order valence-corrected chi connectivity index (χ0v) is 16.8. The first kappa shape index (κ1) is 24.2. The number of nitrogens with zero attached hydrogens (tertiary/aromatic N) is 1. The third kappa shape index (κ3) is 9.30. The van der Waals surface area contributed by atoms with E-state index < -0.39 is 35.9 Å². The molecule has 11 heteroatoms. The van der Waals surface area contributed by atoms with Gasteiger partial charge < -0.3 is 32.9 Å². The second-order valence-electron chi connectivity index (χ2n) is 6.39. The van der Waals surface area contributed by atoms with Crippen LogP contribution in [0.3, 0.4) is 0 Å². The van der Waals surface area contributed by atoms with Crippen LogP contribution in [0.4, 0.5) is 0 Å². The summed E-state index contributed by atoms with van der Waals surface area (Å²) in [5, 5.41) is 14.2. The van der Waals surface area contributed by atoms with E-state index in [-0.39, 0.29) is 24.7 Å². The number of amides is 2. The molecule has 0 fully saturated rings. The van der Waals surface area contributed by atoms with Crippen LogP contribution in [0.5, 0.6) is 0 Å². The van der Waals surface area contributed by atoms with Crippen LogP contribution in [0.1, 0.15) is 18.4 Å². The Hall–Kier alpha value is -2.79. The molecule has 160 valence electrons. The first-order valence-corrected chi connectivity index (χ1v) is 9.67. The third-order valence-electron chi connectivity index (χ3n) is 4.01. The molecule has 1 rings (SSSR count). The topological polar surface area (TPSA) is 186 Å². The number of hydrogen-bond donors (Lipinski definition) is 7. The number of guanidine groups is 1. The SMILES string of the molecule is NC(N)=NCCC[C@H](NC(=O)[C@H](CS)NC(=O)[C@@H](N)Cc1ccccc1)C(=O)O. The van der Waals surface area contributed by atoms with E-state index in [0.717, 1.165) is 5.56 Å². The molecule has 3 atom stereocenters. The van der Waals surface area contributed by atoms with E-state index in [4.69, 9.17) is 17.2 Å². The Morgan fingerprint density at radius 3 is 2.24 bits per heavy atom. The maximum absolute atomic E-state index is 12.4. The molecule has 0 unspecified atom stereocenters. The van der Waals surface area contributed by atoms with E-state index >= 15 is 0 Å². The summed E-state index contributed by atoms with van der Waals surface area (Å²) in [7, 11) is 0. The molecular formula is C18H28N6O4S. The number of carboxylic acid groups (broad SMARTS) is 1. The van der Waals surface area contributed by atoms with Gasteiger partial charge in [-0.15, -0.1) is 0 Å². The van der Waals surface area contributed by atoms with E-state index in [1.54, 1.807) is 0 Å². The highest BCUT2D eigenvalue weighted by Crippen LogP contribution is 2.04.